The van der Waals surface area contributed by atoms with E-state index in [1.54, 1.807) is 0 Å². The minimum Gasteiger partial charge on any atom is -0.398 e. The number of fused-ring (bicyclic) bond motifs is 1. The molecule has 0 atom stereocenters. The zero-order valence-corrected chi connectivity index (χ0v) is 10.5. The van der Waals surface area contributed by atoms with Crippen LogP contribution in [0.4, 0.5) is 14.5 Å². The third-order valence-corrected chi connectivity index (χ3v) is 3.12. The Labute approximate surface area is 116 Å². The monoisotopic (exact) mass is 289 g/mol. The van der Waals surface area contributed by atoms with Crippen molar-refractivity contribution in [3.8, 4) is 0 Å². The fraction of sp³-hybridized carbons (Fsp3) is 0. The van der Waals surface area contributed by atoms with Gasteiger partial charge in [-0.1, -0.05) is 0 Å². The van der Waals surface area contributed by atoms with E-state index in [1.165, 1.54) is 18.2 Å². The van der Waals surface area contributed by atoms with Gasteiger partial charge in [0, 0.05) is 22.9 Å². The Bertz CT molecular complexity index is 928. The van der Waals surface area contributed by atoms with Gasteiger partial charge in [-0.25, -0.2) is 13.6 Å². The predicted octanol–water partition coefficient (Wildman–Crippen LogP) is 1.95. The largest absolute Gasteiger partial charge is 0.398 e. The SMILES string of the molecule is Nc1cc(F)c(F)cc1C(=O)c1ccc2[nH]c(=O)[nH]c2c1. The number of nitrogen functional groups attached to an aromatic ring is 1. The van der Waals surface area contributed by atoms with Gasteiger partial charge in [0.05, 0.1) is 11.0 Å². The summed E-state index contributed by atoms with van der Waals surface area (Å²) >= 11 is 0. The van der Waals surface area contributed by atoms with Gasteiger partial charge in [0.25, 0.3) is 0 Å². The molecule has 1 aromatic heterocycles. The Kier molecular flexibility index (Phi) is 2.83. The number of carbonyl (C=O) groups is 1. The van der Waals surface area contributed by atoms with Gasteiger partial charge in [-0.2, -0.15) is 0 Å². The minimum atomic E-state index is -1.15. The van der Waals surface area contributed by atoms with Gasteiger partial charge in [-0.05, 0) is 24.3 Å². The molecule has 3 rings (SSSR count). The number of nitrogens with two attached hydrogens (primary N) is 1. The minimum absolute atomic E-state index is 0.133. The first-order chi connectivity index (χ1) is 9.95. The number of hydrogen-bond acceptors (Lipinski definition) is 3. The Balaban J connectivity index is 2.11. The summed E-state index contributed by atoms with van der Waals surface area (Å²) in [5.41, 5.74) is 6.05. The third-order valence-electron chi connectivity index (χ3n) is 3.12. The zero-order chi connectivity index (χ0) is 15.1. The molecule has 0 spiro atoms. The number of ketones is 1. The van der Waals surface area contributed by atoms with Crippen LogP contribution in [0.5, 0.6) is 0 Å². The summed E-state index contributed by atoms with van der Waals surface area (Å²) in [5.74, 6) is -2.83. The number of H-pyrrole nitrogens is 2. The number of halogens is 2. The molecule has 0 unspecified atom stereocenters. The molecular weight excluding hydrogens is 280 g/mol. The number of rotatable bonds is 2. The summed E-state index contributed by atoms with van der Waals surface area (Å²) < 4.78 is 26.3. The van der Waals surface area contributed by atoms with Crippen molar-refractivity contribution in [1.29, 1.82) is 0 Å². The normalized spacial score (nSPS) is 11.0. The van der Waals surface area contributed by atoms with Crippen molar-refractivity contribution < 1.29 is 13.6 Å². The molecule has 106 valence electrons. The van der Waals surface area contributed by atoms with E-state index in [0.717, 1.165) is 12.1 Å². The molecule has 7 heteroatoms. The Morgan fingerprint density at radius 3 is 2.43 bits per heavy atom. The van der Waals surface area contributed by atoms with E-state index in [2.05, 4.69) is 9.97 Å². The quantitative estimate of drug-likeness (QED) is 0.497. The highest BCUT2D eigenvalue weighted by Crippen LogP contribution is 2.21. The summed E-state index contributed by atoms with van der Waals surface area (Å²) in [6.45, 7) is 0. The summed E-state index contributed by atoms with van der Waals surface area (Å²) in [4.78, 5) is 28.5. The van der Waals surface area contributed by atoms with Crippen molar-refractivity contribution in [2.24, 2.45) is 0 Å². The van der Waals surface area contributed by atoms with E-state index in [0.29, 0.717) is 11.0 Å². The van der Waals surface area contributed by atoms with Gasteiger partial charge in [-0.3, -0.25) is 4.79 Å². The van der Waals surface area contributed by atoms with Crippen LogP contribution in [0.2, 0.25) is 0 Å². The van der Waals surface area contributed by atoms with E-state index in [-0.39, 0.29) is 16.8 Å². The van der Waals surface area contributed by atoms with Crippen LogP contribution in [0, 0.1) is 11.6 Å². The number of aromatic amines is 2. The third kappa shape index (κ3) is 2.18. The average molecular weight is 289 g/mol. The number of carbonyl (C=O) groups excluding carboxylic acids is 1. The van der Waals surface area contributed by atoms with Crippen LogP contribution < -0.4 is 11.4 Å². The van der Waals surface area contributed by atoms with Crippen LogP contribution in [0.15, 0.2) is 35.1 Å². The van der Waals surface area contributed by atoms with Crippen LogP contribution in [0.3, 0.4) is 0 Å². The lowest BCUT2D eigenvalue weighted by molar-refractivity contribution is 0.103. The molecule has 0 saturated heterocycles. The topological polar surface area (TPSA) is 91.7 Å². The molecule has 0 aliphatic heterocycles. The lowest BCUT2D eigenvalue weighted by Crippen LogP contribution is -2.07. The zero-order valence-electron chi connectivity index (χ0n) is 10.5. The molecule has 0 radical (unpaired) electrons. The molecule has 5 nitrogen and oxygen atoms in total. The molecule has 0 amide bonds. The number of anilines is 1. The van der Waals surface area contributed by atoms with Gasteiger partial charge in [0.15, 0.2) is 17.4 Å². The second-order valence-electron chi connectivity index (χ2n) is 4.52. The Morgan fingerprint density at radius 2 is 1.67 bits per heavy atom. The smallest absolute Gasteiger partial charge is 0.323 e. The van der Waals surface area contributed by atoms with Crippen LogP contribution in [-0.2, 0) is 0 Å². The predicted molar refractivity (Wildman–Crippen MR) is 73.1 cm³/mol. The first-order valence-corrected chi connectivity index (χ1v) is 5.97. The second-order valence-corrected chi connectivity index (χ2v) is 4.52. The molecule has 0 aliphatic carbocycles. The molecule has 3 aromatic rings. The fourth-order valence-corrected chi connectivity index (χ4v) is 2.09. The highest BCUT2D eigenvalue weighted by atomic mass is 19.2. The van der Waals surface area contributed by atoms with E-state index in [9.17, 15) is 18.4 Å². The number of nitrogens with one attached hydrogen (secondary N) is 2. The molecule has 2 aromatic carbocycles. The maximum Gasteiger partial charge on any atom is 0.323 e. The van der Waals surface area contributed by atoms with Crippen LogP contribution in [0.25, 0.3) is 11.0 Å². The van der Waals surface area contributed by atoms with Crippen LogP contribution in [-0.4, -0.2) is 15.8 Å². The molecule has 0 aliphatic rings. The van der Waals surface area contributed by atoms with Crippen molar-refractivity contribution in [3.05, 3.63) is 63.6 Å². The van der Waals surface area contributed by atoms with Crippen molar-refractivity contribution in [2.45, 2.75) is 0 Å². The lowest BCUT2D eigenvalue weighted by Gasteiger charge is -2.06. The Morgan fingerprint density at radius 1 is 1.00 bits per heavy atom. The molecule has 21 heavy (non-hydrogen) atoms. The van der Waals surface area contributed by atoms with Crippen molar-refractivity contribution >= 4 is 22.5 Å². The highest BCUT2D eigenvalue weighted by Gasteiger charge is 2.16. The number of aromatic nitrogens is 2. The average Bonchev–Trinajstić information content (AvgIpc) is 2.81. The van der Waals surface area contributed by atoms with Crippen LogP contribution in [0.1, 0.15) is 15.9 Å². The maximum absolute atomic E-state index is 13.3. The molecular formula is C14H9F2N3O2. The first kappa shape index (κ1) is 13.0. The number of hydrogen-bond donors (Lipinski definition) is 3. The highest BCUT2D eigenvalue weighted by molar-refractivity contribution is 6.13. The number of benzene rings is 2. The number of imidazole rings is 1. The first-order valence-electron chi connectivity index (χ1n) is 5.97. The van der Waals surface area contributed by atoms with Gasteiger partial charge in [0.1, 0.15) is 0 Å². The van der Waals surface area contributed by atoms with E-state index >= 15 is 0 Å². The van der Waals surface area contributed by atoms with E-state index in [4.69, 9.17) is 5.73 Å². The summed E-state index contributed by atoms with van der Waals surface area (Å²) in [6, 6.07) is 5.97. The van der Waals surface area contributed by atoms with E-state index in [1.807, 2.05) is 0 Å². The van der Waals surface area contributed by atoms with Gasteiger partial charge in [-0.15, -0.1) is 0 Å². The lowest BCUT2D eigenvalue weighted by atomic mass is 10.0. The molecule has 0 saturated carbocycles. The van der Waals surface area contributed by atoms with Crippen molar-refractivity contribution in [1.82, 2.24) is 9.97 Å². The standard InChI is InChI=1S/C14H9F2N3O2/c15-8-4-7(10(17)5-9(8)16)13(20)6-1-2-11-12(3-6)19-14(21)18-11/h1-5H,17H2,(H2,18,19,21). The van der Waals surface area contributed by atoms with E-state index < -0.39 is 23.1 Å². The Hall–Kier alpha value is -2.96. The summed E-state index contributed by atoms with van der Waals surface area (Å²) in [5, 5.41) is 0. The molecule has 0 fully saturated rings. The van der Waals surface area contributed by atoms with Crippen LogP contribution >= 0.6 is 0 Å². The second kappa shape index (κ2) is 4.55. The van der Waals surface area contributed by atoms with Crippen molar-refractivity contribution in [3.63, 3.8) is 0 Å². The molecule has 1 heterocycles. The van der Waals surface area contributed by atoms with Crippen molar-refractivity contribution in [2.75, 3.05) is 5.73 Å². The summed E-state index contributed by atoms with van der Waals surface area (Å²) in [6.07, 6.45) is 0. The summed E-state index contributed by atoms with van der Waals surface area (Å²) in [7, 11) is 0. The fourth-order valence-electron chi connectivity index (χ4n) is 2.09. The maximum atomic E-state index is 13.3. The van der Waals surface area contributed by atoms with Gasteiger partial charge in [0.2, 0.25) is 0 Å². The van der Waals surface area contributed by atoms with Gasteiger partial charge >= 0.3 is 5.69 Å². The molecule has 4 N–H and O–H groups in total. The molecule has 0 bridgehead atoms. The van der Waals surface area contributed by atoms with Gasteiger partial charge < -0.3 is 15.7 Å².